The Hall–Kier alpha value is -1.27. The Labute approximate surface area is 120 Å². The predicted molar refractivity (Wildman–Crippen MR) is 73.6 cm³/mol. The van der Waals surface area contributed by atoms with Gasteiger partial charge in [-0.2, -0.15) is 0 Å². The van der Waals surface area contributed by atoms with E-state index in [2.05, 4.69) is 15.9 Å². The Morgan fingerprint density at radius 3 is 2.53 bits per heavy atom. The second-order valence-corrected chi connectivity index (χ2v) is 4.59. The van der Waals surface area contributed by atoms with E-state index in [-0.39, 0.29) is 6.61 Å². The number of ether oxygens (including phenoxy) is 3. The molecule has 0 radical (unpaired) electrons. The van der Waals surface area contributed by atoms with Gasteiger partial charge in [0.1, 0.15) is 11.5 Å². The van der Waals surface area contributed by atoms with Crippen molar-refractivity contribution in [2.45, 2.75) is 20.0 Å². The first-order chi connectivity index (χ1) is 8.97. The third kappa shape index (κ3) is 3.19. The molecule has 0 aliphatic carbocycles. The van der Waals surface area contributed by atoms with Crippen LogP contribution in [-0.2, 0) is 9.53 Å². The molecular formula is C13H17BrO5. The summed E-state index contributed by atoms with van der Waals surface area (Å²) in [6.07, 6.45) is -1.42. The van der Waals surface area contributed by atoms with E-state index < -0.39 is 12.1 Å². The molecular weight excluding hydrogens is 316 g/mol. The lowest BCUT2D eigenvalue weighted by atomic mass is 10.0. The molecule has 1 N–H and O–H groups in total. The summed E-state index contributed by atoms with van der Waals surface area (Å²) >= 11 is 3.37. The molecule has 0 saturated carbocycles. The molecule has 5 nitrogen and oxygen atoms in total. The quantitative estimate of drug-likeness (QED) is 0.838. The van der Waals surface area contributed by atoms with Crippen LogP contribution in [0.3, 0.4) is 0 Å². The van der Waals surface area contributed by atoms with Crippen molar-refractivity contribution in [2.75, 3.05) is 20.8 Å². The second-order valence-electron chi connectivity index (χ2n) is 3.79. The summed E-state index contributed by atoms with van der Waals surface area (Å²) in [7, 11) is 2.98. The number of halogens is 1. The number of benzene rings is 1. The van der Waals surface area contributed by atoms with Crippen molar-refractivity contribution in [3.05, 3.63) is 21.7 Å². The summed E-state index contributed by atoms with van der Waals surface area (Å²) < 4.78 is 15.9. The van der Waals surface area contributed by atoms with Crippen LogP contribution in [0.2, 0.25) is 0 Å². The van der Waals surface area contributed by atoms with Crippen molar-refractivity contribution in [3.63, 3.8) is 0 Å². The minimum atomic E-state index is -1.42. The van der Waals surface area contributed by atoms with E-state index in [9.17, 15) is 9.90 Å². The number of carbonyl (C=O) groups is 1. The maximum Gasteiger partial charge on any atom is 0.339 e. The molecule has 106 valence electrons. The summed E-state index contributed by atoms with van der Waals surface area (Å²) in [4.78, 5) is 11.6. The van der Waals surface area contributed by atoms with Gasteiger partial charge in [-0.25, -0.2) is 4.79 Å². The molecule has 0 spiro atoms. The van der Waals surface area contributed by atoms with Gasteiger partial charge in [0, 0.05) is 11.1 Å². The summed E-state index contributed by atoms with van der Waals surface area (Å²) in [5, 5.41) is 10.0. The maximum atomic E-state index is 11.6. The molecule has 19 heavy (non-hydrogen) atoms. The predicted octanol–water partition coefficient (Wildman–Crippen LogP) is 2.37. The van der Waals surface area contributed by atoms with Crippen molar-refractivity contribution in [3.8, 4) is 11.5 Å². The fraction of sp³-hybridized carbons (Fsp3) is 0.462. The molecule has 1 aromatic carbocycles. The van der Waals surface area contributed by atoms with E-state index in [0.29, 0.717) is 21.5 Å². The summed E-state index contributed by atoms with van der Waals surface area (Å²) in [5.41, 5.74) is 1.12. The number of carbonyl (C=O) groups excluding carboxylic acids is 1. The van der Waals surface area contributed by atoms with Gasteiger partial charge in [-0.15, -0.1) is 0 Å². The SMILES string of the molecule is CCOC(=O)C(O)c1cc(OC)c(C)c(Br)c1OC. The first-order valence-corrected chi connectivity index (χ1v) is 6.52. The van der Waals surface area contributed by atoms with Crippen LogP contribution in [0, 0.1) is 6.92 Å². The van der Waals surface area contributed by atoms with Crippen molar-refractivity contribution in [2.24, 2.45) is 0 Å². The standard InChI is InChI=1S/C13H17BrO5/c1-5-19-13(16)11(15)8-6-9(17-3)7(2)10(14)12(8)18-4/h6,11,15H,5H2,1-4H3. The maximum absolute atomic E-state index is 11.6. The minimum Gasteiger partial charge on any atom is -0.496 e. The lowest BCUT2D eigenvalue weighted by molar-refractivity contribution is -0.153. The van der Waals surface area contributed by atoms with Gasteiger partial charge in [0.25, 0.3) is 0 Å². The second kappa shape index (κ2) is 6.77. The van der Waals surface area contributed by atoms with Gasteiger partial charge in [0.2, 0.25) is 0 Å². The zero-order chi connectivity index (χ0) is 14.6. The number of methoxy groups -OCH3 is 2. The molecule has 0 aliphatic rings. The number of esters is 1. The van der Waals surface area contributed by atoms with Crippen molar-refractivity contribution in [1.82, 2.24) is 0 Å². The van der Waals surface area contributed by atoms with Crippen molar-refractivity contribution < 1.29 is 24.1 Å². The largest absolute Gasteiger partial charge is 0.496 e. The highest BCUT2D eigenvalue weighted by Crippen LogP contribution is 2.40. The first-order valence-electron chi connectivity index (χ1n) is 5.73. The highest BCUT2D eigenvalue weighted by Gasteiger charge is 2.26. The molecule has 0 aliphatic heterocycles. The Balaban J connectivity index is 3.33. The van der Waals surface area contributed by atoms with Crippen LogP contribution in [0.5, 0.6) is 11.5 Å². The Kier molecular flexibility index (Phi) is 5.62. The topological polar surface area (TPSA) is 65.0 Å². The number of hydrogen-bond donors (Lipinski definition) is 1. The number of aliphatic hydroxyl groups excluding tert-OH is 1. The first kappa shape index (κ1) is 15.8. The fourth-order valence-electron chi connectivity index (χ4n) is 1.69. The van der Waals surface area contributed by atoms with Gasteiger partial charge < -0.3 is 19.3 Å². The minimum absolute atomic E-state index is 0.197. The van der Waals surface area contributed by atoms with Gasteiger partial charge in [-0.1, -0.05) is 0 Å². The van der Waals surface area contributed by atoms with Gasteiger partial charge in [0.15, 0.2) is 6.10 Å². The molecule has 0 aromatic heterocycles. The third-order valence-electron chi connectivity index (χ3n) is 2.68. The van der Waals surface area contributed by atoms with Crippen LogP contribution in [-0.4, -0.2) is 31.9 Å². The molecule has 1 rings (SSSR count). The molecule has 0 fully saturated rings. The zero-order valence-corrected chi connectivity index (χ0v) is 12.9. The van der Waals surface area contributed by atoms with Crippen LogP contribution in [0.4, 0.5) is 0 Å². The summed E-state index contributed by atoms with van der Waals surface area (Å²) in [6, 6.07) is 1.57. The molecule has 0 amide bonds. The monoisotopic (exact) mass is 332 g/mol. The fourth-order valence-corrected chi connectivity index (χ4v) is 2.28. The van der Waals surface area contributed by atoms with Crippen molar-refractivity contribution >= 4 is 21.9 Å². The summed E-state index contributed by atoms with van der Waals surface area (Å²) in [6.45, 7) is 3.71. The number of rotatable bonds is 5. The van der Waals surface area contributed by atoms with E-state index in [4.69, 9.17) is 14.2 Å². The van der Waals surface area contributed by atoms with Crippen LogP contribution in [0.1, 0.15) is 24.2 Å². The van der Waals surface area contributed by atoms with Crippen LogP contribution >= 0.6 is 15.9 Å². The van der Waals surface area contributed by atoms with Crippen LogP contribution in [0.15, 0.2) is 10.5 Å². The molecule has 0 bridgehead atoms. The lowest BCUT2D eigenvalue weighted by Gasteiger charge is -2.18. The van der Waals surface area contributed by atoms with Crippen molar-refractivity contribution in [1.29, 1.82) is 0 Å². The highest BCUT2D eigenvalue weighted by atomic mass is 79.9. The van der Waals surface area contributed by atoms with E-state index >= 15 is 0 Å². The van der Waals surface area contributed by atoms with Gasteiger partial charge in [-0.3, -0.25) is 0 Å². The average molecular weight is 333 g/mol. The van der Waals surface area contributed by atoms with E-state index in [1.165, 1.54) is 14.2 Å². The molecule has 6 heteroatoms. The number of hydrogen-bond acceptors (Lipinski definition) is 5. The van der Waals surface area contributed by atoms with E-state index in [1.807, 2.05) is 6.92 Å². The average Bonchev–Trinajstić information content (AvgIpc) is 2.41. The molecule has 0 heterocycles. The van der Waals surface area contributed by atoms with Gasteiger partial charge in [-0.05, 0) is 35.8 Å². The van der Waals surface area contributed by atoms with Gasteiger partial charge in [0.05, 0.1) is 25.3 Å². The zero-order valence-electron chi connectivity index (χ0n) is 11.3. The van der Waals surface area contributed by atoms with Crippen LogP contribution in [0.25, 0.3) is 0 Å². The molecule has 0 saturated heterocycles. The Bertz CT molecular complexity index is 473. The Morgan fingerprint density at radius 1 is 1.42 bits per heavy atom. The highest BCUT2D eigenvalue weighted by molar-refractivity contribution is 9.10. The molecule has 1 aromatic rings. The van der Waals surface area contributed by atoms with E-state index in [1.54, 1.807) is 13.0 Å². The number of aliphatic hydroxyl groups is 1. The Morgan fingerprint density at radius 2 is 2.05 bits per heavy atom. The van der Waals surface area contributed by atoms with Gasteiger partial charge >= 0.3 is 5.97 Å². The molecule has 1 atom stereocenters. The third-order valence-corrected chi connectivity index (χ3v) is 3.63. The normalized spacial score (nSPS) is 11.9. The van der Waals surface area contributed by atoms with E-state index in [0.717, 1.165) is 5.56 Å². The lowest BCUT2D eigenvalue weighted by Crippen LogP contribution is -2.16. The molecule has 1 unspecified atom stereocenters. The smallest absolute Gasteiger partial charge is 0.339 e. The summed E-state index contributed by atoms with van der Waals surface area (Å²) in [5.74, 6) is 0.212. The van der Waals surface area contributed by atoms with Crippen LogP contribution < -0.4 is 9.47 Å².